The fraction of sp³-hybridized carbons (Fsp3) is 0.476. The molecule has 1 aromatic carbocycles. The molecular weight excluding hydrogens is 310 g/mol. The van der Waals surface area contributed by atoms with Gasteiger partial charge in [0.2, 0.25) is 0 Å². The molecular formula is C21H27N3O. The number of nitrogens with one attached hydrogen (secondary N) is 1. The maximum absolute atomic E-state index is 5.37. The normalized spacial score (nSPS) is 29.5. The first-order valence-corrected chi connectivity index (χ1v) is 9.21. The summed E-state index contributed by atoms with van der Waals surface area (Å²) >= 11 is 0. The fourth-order valence-electron chi connectivity index (χ4n) is 4.73. The molecule has 4 heterocycles. The van der Waals surface area contributed by atoms with Crippen LogP contribution in [0.4, 0.5) is 0 Å². The van der Waals surface area contributed by atoms with Crippen LogP contribution in [0.3, 0.4) is 0 Å². The quantitative estimate of drug-likeness (QED) is 0.849. The van der Waals surface area contributed by atoms with Gasteiger partial charge in [-0.25, -0.2) is 0 Å². The number of piperidine rings is 3. The molecule has 3 fully saturated rings. The topological polar surface area (TPSA) is 37.4 Å². The SMILES string of the molecule is C=CC1CN2CCC1CC2[C@@H](NC)c1cnc2ccc(OC)cc2c1. The van der Waals surface area contributed by atoms with Crippen molar-refractivity contribution in [1.82, 2.24) is 15.2 Å². The standard InChI is InChI=1S/C21H27N3O/c1-4-14-13-24-8-7-15(14)11-20(24)21(22-2)17-9-16-10-18(25-3)5-6-19(16)23-12-17/h4-6,9-10,12,14-15,20-22H,1,7-8,11,13H2,2-3H3/t14?,15?,20?,21-/m0/s1. The number of fused-ring (bicyclic) bond motifs is 4. The van der Waals surface area contributed by atoms with Crippen LogP contribution in [-0.2, 0) is 0 Å². The monoisotopic (exact) mass is 337 g/mol. The molecule has 5 atom stereocenters. The Hall–Kier alpha value is -1.91. The first-order valence-electron chi connectivity index (χ1n) is 9.21. The predicted octanol–water partition coefficient (Wildman–Crippen LogP) is 3.40. The van der Waals surface area contributed by atoms with Gasteiger partial charge in [0.1, 0.15) is 5.75 Å². The summed E-state index contributed by atoms with van der Waals surface area (Å²) in [4.78, 5) is 7.33. The van der Waals surface area contributed by atoms with E-state index < -0.39 is 0 Å². The second-order valence-electron chi connectivity index (χ2n) is 7.34. The molecule has 4 heteroatoms. The maximum atomic E-state index is 5.37. The van der Waals surface area contributed by atoms with Crippen molar-refractivity contribution in [3.05, 3.63) is 48.7 Å². The molecule has 25 heavy (non-hydrogen) atoms. The van der Waals surface area contributed by atoms with E-state index in [1.165, 1.54) is 24.9 Å². The lowest BCUT2D eigenvalue weighted by Gasteiger charge is -2.51. The highest BCUT2D eigenvalue weighted by molar-refractivity contribution is 5.80. The lowest BCUT2D eigenvalue weighted by molar-refractivity contribution is 0.00227. The maximum Gasteiger partial charge on any atom is 0.119 e. The van der Waals surface area contributed by atoms with Gasteiger partial charge >= 0.3 is 0 Å². The van der Waals surface area contributed by atoms with E-state index >= 15 is 0 Å². The molecule has 0 amide bonds. The van der Waals surface area contributed by atoms with Crippen LogP contribution in [0.2, 0.25) is 0 Å². The van der Waals surface area contributed by atoms with E-state index in [2.05, 4.69) is 47.0 Å². The summed E-state index contributed by atoms with van der Waals surface area (Å²) in [5.41, 5.74) is 2.27. The summed E-state index contributed by atoms with van der Waals surface area (Å²) in [5.74, 6) is 2.31. The van der Waals surface area contributed by atoms with Gasteiger partial charge in [-0.05, 0) is 68.1 Å². The molecule has 4 unspecified atom stereocenters. The molecule has 2 bridgehead atoms. The second-order valence-corrected chi connectivity index (χ2v) is 7.34. The van der Waals surface area contributed by atoms with E-state index in [-0.39, 0.29) is 0 Å². The number of rotatable bonds is 5. The van der Waals surface area contributed by atoms with Crippen molar-refractivity contribution in [2.24, 2.45) is 11.8 Å². The van der Waals surface area contributed by atoms with Gasteiger partial charge in [-0.15, -0.1) is 6.58 Å². The molecule has 3 aliphatic rings. The molecule has 5 rings (SSSR count). The smallest absolute Gasteiger partial charge is 0.119 e. The minimum absolute atomic E-state index is 0.302. The van der Waals surface area contributed by atoms with Crippen molar-refractivity contribution in [3.8, 4) is 5.75 Å². The van der Waals surface area contributed by atoms with Crippen LogP contribution in [0.15, 0.2) is 43.1 Å². The minimum Gasteiger partial charge on any atom is -0.497 e. The number of hydrogen-bond donors (Lipinski definition) is 1. The van der Waals surface area contributed by atoms with Crippen LogP contribution in [0.25, 0.3) is 10.9 Å². The van der Waals surface area contributed by atoms with Gasteiger partial charge in [-0.1, -0.05) is 6.08 Å². The Kier molecular flexibility index (Phi) is 4.48. The molecule has 3 aliphatic heterocycles. The molecule has 3 saturated heterocycles. The largest absolute Gasteiger partial charge is 0.497 e. The number of pyridine rings is 1. The fourth-order valence-corrected chi connectivity index (χ4v) is 4.73. The Balaban J connectivity index is 1.65. The summed E-state index contributed by atoms with van der Waals surface area (Å²) in [6.45, 7) is 6.38. The first kappa shape index (κ1) is 16.6. The van der Waals surface area contributed by atoms with Crippen molar-refractivity contribution in [2.75, 3.05) is 27.2 Å². The summed E-state index contributed by atoms with van der Waals surface area (Å²) in [6, 6.07) is 9.15. The van der Waals surface area contributed by atoms with Gasteiger partial charge < -0.3 is 10.1 Å². The van der Waals surface area contributed by atoms with E-state index in [4.69, 9.17) is 4.74 Å². The van der Waals surface area contributed by atoms with E-state index in [1.807, 2.05) is 18.3 Å². The van der Waals surface area contributed by atoms with Gasteiger partial charge in [0, 0.05) is 30.2 Å². The van der Waals surface area contributed by atoms with Crippen molar-refractivity contribution in [2.45, 2.75) is 24.9 Å². The molecule has 132 valence electrons. The third kappa shape index (κ3) is 2.94. The molecule has 0 spiro atoms. The van der Waals surface area contributed by atoms with Crippen LogP contribution in [-0.4, -0.2) is 43.2 Å². The zero-order valence-corrected chi connectivity index (χ0v) is 15.1. The molecule has 2 aromatic rings. The second kappa shape index (κ2) is 6.77. The molecule has 0 radical (unpaired) electrons. The molecule has 0 aliphatic carbocycles. The predicted molar refractivity (Wildman–Crippen MR) is 102 cm³/mol. The Labute approximate surface area is 149 Å². The number of methoxy groups -OCH3 is 1. The van der Waals surface area contributed by atoms with Crippen molar-refractivity contribution >= 4 is 10.9 Å². The highest BCUT2D eigenvalue weighted by Crippen LogP contribution is 2.41. The highest BCUT2D eigenvalue weighted by Gasteiger charge is 2.42. The van der Waals surface area contributed by atoms with E-state index in [0.717, 1.165) is 29.1 Å². The molecule has 1 N–H and O–H groups in total. The zero-order valence-electron chi connectivity index (χ0n) is 15.1. The third-order valence-electron chi connectivity index (χ3n) is 6.12. The number of aromatic nitrogens is 1. The van der Waals surface area contributed by atoms with Crippen molar-refractivity contribution < 1.29 is 4.74 Å². The van der Waals surface area contributed by atoms with Crippen LogP contribution in [0, 0.1) is 11.8 Å². The van der Waals surface area contributed by atoms with E-state index in [0.29, 0.717) is 18.0 Å². The Morgan fingerprint density at radius 1 is 1.40 bits per heavy atom. The van der Waals surface area contributed by atoms with Crippen molar-refractivity contribution in [1.29, 1.82) is 0 Å². The third-order valence-corrected chi connectivity index (χ3v) is 6.12. The summed E-state index contributed by atoms with van der Waals surface area (Å²) in [6.07, 6.45) is 6.73. The van der Waals surface area contributed by atoms with Gasteiger partial charge in [0.05, 0.1) is 12.6 Å². The minimum atomic E-state index is 0.302. The molecule has 0 saturated carbocycles. The number of likely N-dealkylation sites (N-methyl/N-ethyl adjacent to an activating group) is 1. The lowest BCUT2D eigenvalue weighted by atomic mass is 9.73. The molecule has 4 nitrogen and oxygen atoms in total. The van der Waals surface area contributed by atoms with Crippen LogP contribution in [0.1, 0.15) is 24.4 Å². The Morgan fingerprint density at radius 2 is 2.28 bits per heavy atom. The van der Waals surface area contributed by atoms with Crippen LogP contribution < -0.4 is 10.1 Å². The molecule has 1 aromatic heterocycles. The Morgan fingerprint density at radius 3 is 2.96 bits per heavy atom. The summed E-state index contributed by atoms with van der Waals surface area (Å²) < 4.78 is 5.37. The summed E-state index contributed by atoms with van der Waals surface area (Å²) in [7, 11) is 3.77. The number of hydrogen-bond acceptors (Lipinski definition) is 4. The number of ether oxygens (including phenoxy) is 1. The van der Waals surface area contributed by atoms with Gasteiger partial charge in [0.25, 0.3) is 0 Å². The average Bonchev–Trinajstić information content (AvgIpc) is 2.68. The first-order chi connectivity index (χ1) is 12.2. The van der Waals surface area contributed by atoms with Gasteiger partial charge in [-0.3, -0.25) is 9.88 Å². The van der Waals surface area contributed by atoms with Gasteiger partial charge in [-0.2, -0.15) is 0 Å². The average molecular weight is 337 g/mol. The summed E-state index contributed by atoms with van der Waals surface area (Å²) in [5, 5.41) is 4.70. The van der Waals surface area contributed by atoms with E-state index in [9.17, 15) is 0 Å². The lowest BCUT2D eigenvalue weighted by Crippen LogP contribution is -2.56. The van der Waals surface area contributed by atoms with E-state index in [1.54, 1.807) is 7.11 Å². The number of benzene rings is 1. The zero-order chi connectivity index (χ0) is 17.4. The number of nitrogens with zero attached hydrogens (tertiary/aromatic N) is 2. The van der Waals surface area contributed by atoms with Crippen molar-refractivity contribution in [3.63, 3.8) is 0 Å². The Bertz CT molecular complexity index is 775. The van der Waals surface area contributed by atoms with Crippen LogP contribution in [0.5, 0.6) is 5.75 Å². The van der Waals surface area contributed by atoms with Crippen LogP contribution >= 0.6 is 0 Å². The highest BCUT2D eigenvalue weighted by atomic mass is 16.5. The van der Waals surface area contributed by atoms with Gasteiger partial charge in [0.15, 0.2) is 0 Å².